The second-order valence-electron chi connectivity index (χ2n) is 7.65. The summed E-state index contributed by atoms with van der Waals surface area (Å²) in [5.74, 6) is -0.916. The molecule has 160 valence electrons. The summed E-state index contributed by atoms with van der Waals surface area (Å²) in [5.41, 5.74) is 7.50. The van der Waals surface area contributed by atoms with E-state index in [-0.39, 0.29) is 23.2 Å². The third-order valence-electron chi connectivity index (χ3n) is 5.54. The van der Waals surface area contributed by atoms with Crippen molar-refractivity contribution in [2.24, 2.45) is 11.7 Å². The van der Waals surface area contributed by atoms with E-state index in [1.165, 1.54) is 18.2 Å². The highest BCUT2D eigenvalue weighted by Gasteiger charge is 2.25. The number of rotatable bonds is 6. The minimum atomic E-state index is -0.513. The van der Waals surface area contributed by atoms with E-state index in [1.807, 2.05) is 18.2 Å². The van der Waals surface area contributed by atoms with Gasteiger partial charge in [-0.2, -0.15) is 5.10 Å². The summed E-state index contributed by atoms with van der Waals surface area (Å²) in [6.07, 6.45) is 1.68. The molecule has 3 aromatic rings. The molecule has 0 radical (unpaired) electrons. The fourth-order valence-corrected chi connectivity index (χ4v) is 3.92. The molecular formula is C21H22N6O4. The molecule has 1 aliphatic rings. The number of para-hydroxylation sites is 1. The number of hydrogen-bond donors (Lipinski definition) is 3. The molecule has 1 atom stereocenters. The number of benzene rings is 2. The number of aromatic amines is 1. The largest absolute Gasteiger partial charge is 0.369 e. The summed E-state index contributed by atoms with van der Waals surface area (Å²) in [6, 6.07) is 11.6. The first kappa shape index (κ1) is 20.5. The zero-order valence-corrected chi connectivity index (χ0v) is 16.7. The van der Waals surface area contributed by atoms with Crippen molar-refractivity contribution in [3.63, 3.8) is 0 Å². The molecule has 0 bridgehead atoms. The summed E-state index contributed by atoms with van der Waals surface area (Å²) in [5, 5.41) is 21.1. The molecule has 2 heterocycles. The van der Waals surface area contributed by atoms with Crippen molar-refractivity contribution in [2.75, 3.05) is 18.4 Å². The molecule has 4 N–H and O–H groups in total. The van der Waals surface area contributed by atoms with Crippen molar-refractivity contribution >= 4 is 34.1 Å². The van der Waals surface area contributed by atoms with Crippen molar-refractivity contribution in [1.29, 1.82) is 0 Å². The van der Waals surface area contributed by atoms with Gasteiger partial charge in [0.15, 0.2) is 5.69 Å². The molecule has 1 aromatic heterocycles. The lowest BCUT2D eigenvalue weighted by atomic mass is 9.97. The number of amides is 2. The maximum absolute atomic E-state index is 12.9. The Labute approximate surface area is 177 Å². The topological polar surface area (TPSA) is 147 Å². The standard InChI is InChI=1S/C21H22N6O4/c22-20(28)14-5-3-9-26(12-14)11-13-4-1-2-6-17(13)23-21(29)19-16-10-15(27(30)31)7-8-18(16)24-25-19/h1-2,4,6-8,10,14H,3,5,9,11-12H2,(H2,22,28)(H,23,29)(H,24,25). The number of anilines is 1. The van der Waals surface area contributed by atoms with E-state index < -0.39 is 10.8 Å². The van der Waals surface area contributed by atoms with Crippen LogP contribution in [0.3, 0.4) is 0 Å². The molecule has 1 aliphatic heterocycles. The Bertz CT molecular complexity index is 1160. The van der Waals surface area contributed by atoms with E-state index >= 15 is 0 Å². The van der Waals surface area contributed by atoms with Gasteiger partial charge in [-0.3, -0.25) is 29.7 Å². The van der Waals surface area contributed by atoms with Gasteiger partial charge in [0.05, 0.1) is 16.4 Å². The fraction of sp³-hybridized carbons (Fsp3) is 0.286. The SMILES string of the molecule is NC(=O)C1CCCN(Cc2ccccc2NC(=O)c2n[nH]c3ccc([N+](=O)[O-])cc23)C1. The first-order valence-electron chi connectivity index (χ1n) is 9.96. The number of non-ortho nitro benzene ring substituents is 1. The van der Waals surface area contributed by atoms with Crippen LogP contribution >= 0.6 is 0 Å². The molecule has 1 saturated heterocycles. The smallest absolute Gasteiger partial charge is 0.276 e. The van der Waals surface area contributed by atoms with Gasteiger partial charge in [-0.05, 0) is 37.1 Å². The van der Waals surface area contributed by atoms with Crippen LogP contribution in [0.1, 0.15) is 28.9 Å². The van der Waals surface area contributed by atoms with Crippen molar-refractivity contribution < 1.29 is 14.5 Å². The van der Waals surface area contributed by atoms with Crippen molar-refractivity contribution in [3.05, 3.63) is 63.8 Å². The van der Waals surface area contributed by atoms with Crippen LogP contribution < -0.4 is 11.1 Å². The minimum Gasteiger partial charge on any atom is -0.369 e. The lowest BCUT2D eigenvalue weighted by Crippen LogP contribution is -2.40. The molecular weight excluding hydrogens is 400 g/mol. The van der Waals surface area contributed by atoms with E-state index in [0.29, 0.717) is 29.7 Å². The summed E-state index contributed by atoms with van der Waals surface area (Å²) >= 11 is 0. The van der Waals surface area contributed by atoms with Gasteiger partial charge in [0, 0.05) is 36.3 Å². The highest BCUT2D eigenvalue weighted by Crippen LogP contribution is 2.25. The van der Waals surface area contributed by atoms with Gasteiger partial charge in [-0.1, -0.05) is 18.2 Å². The maximum Gasteiger partial charge on any atom is 0.276 e. The zero-order valence-electron chi connectivity index (χ0n) is 16.7. The van der Waals surface area contributed by atoms with E-state index in [4.69, 9.17) is 5.73 Å². The lowest BCUT2D eigenvalue weighted by molar-refractivity contribution is -0.384. The van der Waals surface area contributed by atoms with E-state index in [0.717, 1.165) is 24.9 Å². The fourth-order valence-electron chi connectivity index (χ4n) is 3.92. The number of nitrogens with one attached hydrogen (secondary N) is 2. The minimum absolute atomic E-state index is 0.0836. The van der Waals surface area contributed by atoms with Gasteiger partial charge in [-0.25, -0.2) is 0 Å². The van der Waals surface area contributed by atoms with Crippen LogP contribution in [-0.2, 0) is 11.3 Å². The number of aromatic nitrogens is 2. The number of fused-ring (bicyclic) bond motifs is 1. The third kappa shape index (κ3) is 4.38. The molecule has 0 saturated carbocycles. The van der Waals surface area contributed by atoms with Crippen LogP contribution in [0.5, 0.6) is 0 Å². The number of H-pyrrole nitrogens is 1. The Kier molecular flexibility index (Phi) is 5.63. The number of nitro benzene ring substituents is 1. The number of nitrogens with zero attached hydrogens (tertiary/aromatic N) is 3. The Morgan fingerprint density at radius 3 is 2.87 bits per heavy atom. The Morgan fingerprint density at radius 1 is 1.29 bits per heavy atom. The van der Waals surface area contributed by atoms with Crippen LogP contribution in [0.25, 0.3) is 10.9 Å². The molecule has 31 heavy (non-hydrogen) atoms. The molecule has 4 rings (SSSR count). The first-order chi connectivity index (χ1) is 14.9. The van der Waals surface area contributed by atoms with Gasteiger partial charge in [0.1, 0.15) is 0 Å². The summed E-state index contributed by atoms with van der Waals surface area (Å²) in [4.78, 5) is 37.2. The summed E-state index contributed by atoms with van der Waals surface area (Å²) < 4.78 is 0. The molecule has 0 aliphatic carbocycles. The number of carbonyl (C=O) groups excluding carboxylic acids is 2. The summed E-state index contributed by atoms with van der Waals surface area (Å²) in [6.45, 7) is 2.00. The third-order valence-corrected chi connectivity index (χ3v) is 5.54. The number of carbonyl (C=O) groups is 2. The average molecular weight is 422 g/mol. The van der Waals surface area contributed by atoms with Gasteiger partial charge in [-0.15, -0.1) is 0 Å². The molecule has 2 amide bonds. The van der Waals surface area contributed by atoms with E-state index in [9.17, 15) is 19.7 Å². The molecule has 10 heteroatoms. The van der Waals surface area contributed by atoms with Gasteiger partial charge < -0.3 is 11.1 Å². The van der Waals surface area contributed by atoms with Gasteiger partial charge in [0.25, 0.3) is 11.6 Å². The number of likely N-dealkylation sites (tertiary alicyclic amines) is 1. The zero-order chi connectivity index (χ0) is 22.0. The molecule has 1 fully saturated rings. The Balaban J connectivity index is 1.54. The molecule has 0 spiro atoms. The van der Waals surface area contributed by atoms with Crippen LogP contribution in [-0.4, -0.2) is 44.9 Å². The average Bonchev–Trinajstić information content (AvgIpc) is 3.18. The first-order valence-corrected chi connectivity index (χ1v) is 9.96. The number of primary amides is 1. The van der Waals surface area contributed by atoms with Crippen LogP contribution in [0.2, 0.25) is 0 Å². The van der Waals surface area contributed by atoms with Crippen molar-refractivity contribution in [3.8, 4) is 0 Å². The predicted octanol–water partition coefficient (Wildman–Crippen LogP) is 2.42. The van der Waals surface area contributed by atoms with Crippen LogP contribution in [0.15, 0.2) is 42.5 Å². The Hall–Kier alpha value is -3.79. The van der Waals surface area contributed by atoms with Gasteiger partial charge in [0.2, 0.25) is 5.91 Å². The second-order valence-corrected chi connectivity index (χ2v) is 7.65. The number of piperidine rings is 1. The second kappa shape index (κ2) is 8.52. The van der Waals surface area contributed by atoms with E-state index in [1.54, 1.807) is 6.07 Å². The van der Waals surface area contributed by atoms with Crippen molar-refractivity contribution in [2.45, 2.75) is 19.4 Å². The normalized spacial score (nSPS) is 16.8. The quantitative estimate of drug-likeness (QED) is 0.410. The van der Waals surface area contributed by atoms with Crippen molar-refractivity contribution in [1.82, 2.24) is 15.1 Å². The lowest BCUT2D eigenvalue weighted by Gasteiger charge is -2.31. The highest BCUT2D eigenvalue weighted by atomic mass is 16.6. The number of nitro groups is 1. The Morgan fingerprint density at radius 2 is 2.10 bits per heavy atom. The van der Waals surface area contributed by atoms with Crippen LogP contribution in [0.4, 0.5) is 11.4 Å². The maximum atomic E-state index is 12.9. The van der Waals surface area contributed by atoms with Gasteiger partial charge >= 0.3 is 0 Å². The molecule has 10 nitrogen and oxygen atoms in total. The van der Waals surface area contributed by atoms with E-state index in [2.05, 4.69) is 20.4 Å². The monoisotopic (exact) mass is 422 g/mol. The summed E-state index contributed by atoms with van der Waals surface area (Å²) in [7, 11) is 0. The molecule has 1 unspecified atom stereocenters. The number of nitrogens with two attached hydrogens (primary N) is 1. The predicted molar refractivity (Wildman–Crippen MR) is 114 cm³/mol. The molecule has 2 aromatic carbocycles. The van der Waals surface area contributed by atoms with Crippen LogP contribution in [0, 0.1) is 16.0 Å². The highest BCUT2D eigenvalue weighted by molar-refractivity contribution is 6.11. The number of hydrogen-bond acceptors (Lipinski definition) is 6.